The number of nitrogens with zero attached hydrogens (tertiary/aromatic N) is 1. The summed E-state index contributed by atoms with van der Waals surface area (Å²) in [5, 5.41) is 3.80. The van der Waals surface area contributed by atoms with Gasteiger partial charge in [-0.2, -0.15) is 0 Å². The molecule has 1 aliphatic carbocycles. The lowest BCUT2D eigenvalue weighted by Crippen LogP contribution is -2.15. The van der Waals surface area contributed by atoms with Gasteiger partial charge in [-0.15, -0.1) is 0 Å². The van der Waals surface area contributed by atoms with Crippen LogP contribution in [0.3, 0.4) is 0 Å². The van der Waals surface area contributed by atoms with Gasteiger partial charge in [0.15, 0.2) is 5.82 Å². The third-order valence-corrected chi connectivity index (χ3v) is 4.90. The first-order valence-electron chi connectivity index (χ1n) is 8.60. The molecule has 2 atom stereocenters. The Hall–Kier alpha value is -3.28. The molecule has 1 saturated carbocycles. The smallest absolute Gasteiger partial charge is 0.337 e. The van der Waals surface area contributed by atoms with Crippen molar-refractivity contribution >= 4 is 28.3 Å². The molecule has 4 rings (SSSR count). The molecule has 1 aromatic heterocycles. The molecular weight excluding hydrogens is 347 g/mol. The molecule has 136 valence electrons. The third-order valence-electron chi connectivity index (χ3n) is 4.90. The lowest BCUT2D eigenvalue weighted by atomic mass is 10.1. The predicted octanol–water partition coefficient (Wildman–Crippen LogP) is 3.90. The molecule has 0 radical (unpaired) electrons. The van der Waals surface area contributed by atoms with Crippen LogP contribution in [0.25, 0.3) is 10.8 Å². The number of carbonyl (C=O) groups excluding carboxylic acids is 2. The highest BCUT2D eigenvalue weighted by Gasteiger charge is 2.44. The van der Waals surface area contributed by atoms with Crippen LogP contribution in [0.2, 0.25) is 0 Å². The van der Waals surface area contributed by atoms with E-state index in [9.17, 15) is 14.0 Å². The van der Waals surface area contributed by atoms with Gasteiger partial charge in [0.05, 0.1) is 18.4 Å². The van der Waals surface area contributed by atoms with E-state index in [4.69, 9.17) is 0 Å². The molecule has 1 N–H and O–H groups in total. The van der Waals surface area contributed by atoms with E-state index in [1.807, 2.05) is 12.1 Å². The molecule has 1 amide bonds. The van der Waals surface area contributed by atoms with Gasteiger partial charge in [0.25, 0.3) is 0 Å². The minimum absolute atomic E-state index is 0.0735. The number of carbonyl (C=O) groups is 2. The SMILES string of the molecule is COC(=O)c1ccc([C@@H]2C[C@H]2C(=O)Nc2ccc3cnccc3c2F)cc1. The fourth-order valence-electron chi connectivity index (χ4n) is 3.29. The molecule has 2 aromatic carbocycles. The summed E-state index contributed by atoms with van der Waals surface area (Å²) >= 11 is 0. The van der Waals surface area contributed by atoms with Crippen LogP contribution in [0.5, 0.6) is 0 Å². The van der Waals surface area contributed by atoms with Gasteiger partial charge in [0.1, 0.15) is 0 Å². The minimum atomic E-state index is -0.456. The summed E-state index contributed by atoms with van der Waals surface area (Å²) in [5.41, 5.74) is 1.62. The second kappa shape index (κ2) is 6.79. The molecule has 3 aromatic rings. The lowest BCUT2D eigenvalue weighted by molar-refractivity contribution is -0.117. The quantitative estimate of drug-likeness (QED) is 0.713. The monoisotopic (exact) mass is 364 g/mol. The van der Waals surface area contributed by atoms with Crippen molar-refractivity contribution in [2.75, 3.05) is 12.4 Å². The Balaban J connectivity index is 1.46. The zero-order valence-electron chi connectivity index (χ0n) is 14.6. The lowest BCUT2D eigenvalue weighted by Gasteiger charge is -2.08. The highest BCUT2D eigenvalue weighted by atomic mass is 19.1. The molecule has 0 bridgehead atoms. The summed E-state index contributed by atoms with van der Waals surface area (Å²) in [6.07, 6.45) is 3.80. The van der Waals surface area contributed by atoms with Crippen LogP contribution in [0, 0.1) is 11.7 Å². The van der Waals surface area contributed by atoms with Crippen molar-refractivity contribution in [3.05, 3.63) is 71.8 Å². The van der Waals surface area contributed by atoms with Crippen LogP contribution in [-0.4, -0.2) is 24.0 Å². The van der Waals surface area contributed by atoms with Crippen LogP contribution in [-0.2, 0) is 9.53 Å². The average molecular weight is 364 g/mol. The zero-order valence-corrected chi connectivity index (χ0v) is 14.6. The van der Waals surface area contributed by atoms with Crippen LogP contribution in [0.15, 0.2) is 54.9 Å². The Kier molecular flexibility index (Phi) is 4.32. The summed E-state index contributed by atoms with van der Waals surface area (Å²) in [6, 6.07) is 11.9. The van der Waals surface area contributed by atoms with Gasteiger partial charge >= 0.3 is 5.97 Å². The van der Waals surface area contributed by atoms with Crippen molar-refractivity contribution in [1.29, 1.82) is 0 Å². The molecular formula is C21H17FN2O3. The Morgan fingerprint density at radius 1 is 1.15 bits per heavy atom. The normalized spacial score (nSPS) is 18.1. The molecule has 1 heterocycles. The fraction of sp³-hybridized carbons (Fsp3) is 0.190. The molecule has 0 spiro atoms. The van der Waals surface area contributed by atoms with Gasteiger partial charge in [-0.25, -0.2) is 9.18 Å². The number of rotatable bonds is 4. The number of amides is 1. The maximum absolute atomic E-state index is 14.6. The van der Waals surface area contributed by atoms with E-state index >= 15 is 0 Å². The number of hydrogen-bond acceptors (Lipinski definition) is 4. The number of ether oxygens (including phenoxy) is 1. The highest BCUT2D eigenvalue weighted by Crippen LogP contribution is 2.48. The molecule has 1 aliphatic rings. The number of esters is 1. The average Bonchev–Trinajstić information content (AvgIpc) is 3.51. The molecule has 5 nitrogen and oxygen atoms in total. The number of fused-ring (bicyclic) bond motifs is 1. The van der Waals surface area contributed by atoms with E-state index in [0.717, 1.165) is 5.56 Å². The summed E-state index contributed by atoms with van der Waals surface area (Å²) in [5.74, 6) is -1.19. The first-order valence-corrected chi connectivity index (χ1v) is 8.60. The van der Waals surface area contributed by atoms with Crippen molar-refractivity contribution < 1.29 is 18.7 Å². The van der Waals surface area contributed by atoms with Crippen LogP contribution in [0.1, 0.15) is 28.3 Å². The predicted molar refractivity (Wildman–Crippen MR) is 99.0 cm³/mol. The van der Waals surface area contributed by atoms with E-state index < -0.39 is 11.8 Å². The summed E-state index contributed by atoms with van der Waals surface area (Å²) in [7, 11) is 1.33. The van der Waals surface area contributed by atoms with Gasteiger partial charge in [-0.05, 0) is 42.2 Å². The van der Waals surface area contributed by atoms with E-state index in [1.165, 1.54) is 13.3 Å². The molecule has 0 aliphatic heterocycles. The van der Waals surface area contributed by atoms with Crippen molar-refractivity contribution in [2.24, 2.45) is 5.92 Å². The molecule has 27 heavy (non-hydrogen) atoms. The van der Waals surface area contributed by atoms with E-state index in [0.29, 0.717) is 22.8 Å². The molecule has 6 heteroatoms. The number of hydrogen-bond donors (Lipinski definition) is 1. The summed E-state index contributed by atoms with van der Waals surface area (Å²) < 4.78 is 19.3. The van der Waals surface area contributed by atoms with Crippen molar-refractivity contribution in [3.8, 4) is 0 Å². The van der Waals surface area contributed by atoms with Crippen LogP contribution in [0.4, 0.5) is 10.1 Å². The van der Waals surface area contributed by atoms with E-state index in [-0.39, 0.29) is 23.4 Å². The second-order valence-corrected chi connectivity index (χ2v) is 6.58. The Morgan fingerprint density at radius 2 is 1.93 bits per heavy atom. The number of nitrogens with one attached hydrogen (secondary N) is 1. The minimum Gasteiger partial charge on any atom is -0.465 e. The van der Waals surface area contributed by atoms with Crippen LogP contribution < -0.4 is 5.32 Å². The topological polar surface area (TPSA) is 68.3 Å². The van der Waals surface area contributed by atoms with Gasteiger partial charge in [0.2, 0.25) is 5.91 Å². The highest BCUT2D eigenvalue weighted by molar-refractivity contribution is 5.98. The number of pyridine rings is 1. The van der Waals surface area contributed by atoms with Gasteiger partial charge < -0.3 is 10.1 Å². The van der Waals surface area contributed by atoms with Crippen LogP contribution >= 0.6 is 0 Å². The number of halogens is 1. The Bertz CT molecular complexity index is 1030. The largest absolute Gasteiger partial charge is 0.465 e. The van der Waals surface area contributed by atoms with E-state index in [2.05, 4.69) is 15.0 Å². The molecule has 0 saturated heterocycles. The van der Waals surface area contributed by atoms with Gasteiger partial charge in [-0.3, -0.25) is 9.78 Å². The zero-order chi connectivity index (χ0) is 19.0. The number of anilines is 1. The maximum Gasteiger partial charge on any atom is 0.337 e. The second-order valence-electron chi connectivity index (χ2n) is 6.58. The number of methoxy groups -OCH3 is 1. The van der Waals surface area contributed by atoms with E-state index in [1.54, 1.807) is 36.5 Å². The molecule has 1 fully saturated rings. The number of benzene rings is 2. The molecule has 0 unspecified atom stereocenters. The summed E-state index contributed by atoms with van der Waals surface area (Å²) in [6.45, 7) is 0. The van der Waals surface area contributed by atoms with Gasteiger partial charge in [-0.1, -0.05) is 18.2 Å². The fourth-order valence-corrected chi connectivity index (χ4v) is 3.29. The third kappa shape index (κ3) is 3.26. The van der Waals surface area contributed by atoms with Crippen molar-refractivity contribution in [2.45, 2.75) is 12.3 Å². The Morgan fingerprint density at radius 3 is 2.67 bits per heavy atom. The first-order chi connectivity index (χ1) is 13.1. The number of aromatic nitrogens is 1. The van der Waals surface area contributed by atoms with Crippen molar-refractivity contribution in [1.82, 2.24) is 4.98 Å². The van der Waals surface area contributed by atoms with Gasteiger partial charge in [0, 0.05) is 29.1 Å². The summed E-state index contributed by atoms with van der Waals surface area (Å²) in [4.78, 5) is 28.0. The first kappa shape index (κ1) is 17.1. The standard InChI is InChI=1S/C21H17FN2O3/c1-27-21(26)13-4-2-12(3-5-13)16-10-17(16)20(25)24-18-7-6-14-11-23-9-8-15(14)19(18)22/h2-9,11,16-17H,10H2,1H3,(H,24,25)/t16-,17+/m0/s1. The Labute approximate surface area is 155 Å². The van der Waals surface area contributed by atoms with Crippen molar-refractivity contribution in [3.63, 3.8) is 0 Å². The maximum atomic E-state index is 14.6.